The summed E-state index contributed by atoms with van der Waals surface area (Å²) in [4.78, 5) is 32.6. The smallest absolute Gasteiger partial charge is 0.267 e. The maximum Gasteiger partial charge on any atom is 0.267 e. The number of nitrogens with zero attached hydrogens (tertiary/aromatic N) is 3. The molecular formula is C21H26N4O4S2. The molecule has 0 radical (unpaired) electrons. The first-order chi connectivity index (χ1) is 15.1. The topological polar surface area (TPSA) is 96.2 Å². The lowest BCUT2D eigenvalue weighted by atomic mass is 10.2. The van der Waals surface area contributed by atoms with Crippen LogP contribution in [0.3, 0.4) is 0 Å². The van der Waals surface area contributed by atoms with Gasteiger partial charge in [-0.1, -0.05) is 49.8 Å². The van der Waals surface area contributed by atoms with E-state index in [-0.39, 0.29) is 24.7 Å². The van der Waals surface area contributed by atoms with Gasteiger partial charge in [-0.2, -0.15) is 0 Å². The van der Waals surface area contributed by atoms with Gasteiger partial charge in [0.1, 0.15) is 15.8 Å². The van der Waals surface area contributed by atoms with Gasteiger partial charge in [0.25, 0.3) is 11.5 Å². The minimum atomic E-state index is -0.277. The number of aromatic nitrogens is 2. The third kappa shape index (κ3) is 5.70. The van der Waals surface area contributed by atoms with Crippen molar-refractivity contribution in [3.05, 3.63) is 45.2 Å². The lowest BCUT2D eigenvalue weighted by Gasteiger charge is -2.13. The molecule has 3 heterocycles. The molecule has 2 aromatic heterocycles. The van der Waals surface area contributed by atoms with Crippen LogP contribution in [0.25, 0.3) is 11.7 Å². The Morgan fingerprint density at radius 2 is 2.13 bits per heavy atom. The highest BCUT2D eigenvalue weighted by Gasteiger charge is 2.32. The highest BCUT2D eigenvalue weighted by atomic mass is 32.2. The number of ether oxygens (including phenoxy) is 1. The molecule has 0 aliphatic carbocycles. The SMILES string of the molecule is CCCCCN1C(=O)/C(=C/c2c(NCCOCCO)nc3ccccn3c2=O)SC1=S. The van der Waals surface area contributed by atoms with E-state index in [4.69, 9.17) is 22.1 Å². The Balaban J connectivity index is 1.91. The van der Waals surface area contributed by atoms with Gasteiger partial charge >= 0.3 is 0 Å². The fourth-order valence-electron chi connectivity index (χ4n) is 3.12. The Kier molecular flexibility index (Phi) is 8.59. The Hall–Kier alpha value is -2.27. The average Bonchev–Trinajstić information content (AvgIpc) is 3.03. The minimum Gasteiger partial charge on any atom is -0.394 e. The summed E-state index contributed by atoms with van der Waals surface area (Å²) in [5, 5.41) is 11.9. The van der Waals surface area contributed by atoms with Gasteiger partial charge in [0, 0.05) is 19.3 Å². The first-order valence-electron chi connectivity index (χ1n) is 10.3. The van der Waals surface area contributed by atoms with Crippen molar-refractivity contribution in [3.63, 3.8) is 0 Å². The predicted molar refractivity (Wildman–Crippen MR) is 127 cm³/mol. The van der Waals surface area contributed by atoms with E-state index in [9.17, 15) is 9.59 Å². The number of carbonyl (C=O) groups excluding carboxylic acids is 1. The molecule has 2 N–H and O–H groups in total. The molecular weight excluding hydrogens is 436 g/mol. The normalized spacial score (nSPS) is 15.4. The monoisotopic (exact) mass is 462 g/mol. The van der Waals surface area contributed by atoms with E-state index < -0.39 is 0 Å². The minimum absolute atomic E-state index is 0.0546. The number of pyridine rings is 1. The zero-order valence-electron chi connectivity index (χ0n) is 17.4. The highest BCUT2D eigenvalue weighted by Crippen LogP contribution is 2.33. The van der Waals surface area contributed by atoms with E-state index in [0.717, 1.165) is 19.3 Å². The lowest BCUT2D eigenvalue weighted by molar-refractivity contribution is -0.122. The summed E-state index contributed by atoms with van der Waals surface area (Å²) in [6.45, 7) is 3.61. The van der Waals surface area contributed by atoms with Crippen LogP contribution in [0, 0.1) is 0 Å². The van der Waals surface area contributed by atoms with Crippen LogP contribution in [0.5, 0.6) is 0 Å². The predicted octanol–water partition coefficient (Wildman–Crippen LogP) is 2.51. The number of thiocarbonyl (C=S) groups is 1. The molecule has 1 saturated heterocycles. The third-order valence-corrected chi connectivity index (χ3v) is 6.06. The summed E-state index contributed by atoms with van der Waals surface area (Å²) < 4.78 is 7.22. The number of nitrogens with one attached hydrogen (secondary N) is 1. The molecule has 8 nitrogen and oxygen atoms in total. The summed E-state index contributed by atoms with van der Waals surface area (Å²) in [6.07, 6.45) is 6.19. The number of carbonyl (C=O) groups is 1. The molecule has 2 aromatic rings. The van der Waals surface area contributed by atoms with Gasteiger partial charge in [-0.25, -0.2) is 4.98 Å². The Morgan fingerprint density at radius 3 is 2.90 bits per heavy atom. The summed E-state index contributed by atoms with van der Waals surface area (Å²) in [5.41, 5.74) is 0.510. The number of hydrogen-bond acceptors (Lipinski definition) is 8. The molecule has 0 aromatic carbocycles. The first kappa shape index (κ1) is 23.4. The van der Waals surface area contributed by atoms with Crippen LogP contribution in [0.1, 0.15) is 31.7 Å². The van der Waals surface area contributed by atoms with Crippen molar-refractivity contribution in [1.29, 1.82) is 0 Å². The summed E-state index contributed by atoms with van der Waals surface area (Å²) >= 11 is 6.59. The van der Waals surface area contributed by atoms with Crippen molar-refractivity contribution in [2.24, 2.45) is 0 Å². The van der Waals surface area contributed by atoms with E-state index in [2.05, 4.69) is 17.2 Å². The van der Waals surface area contributed by atoms with Gasteiger partial charge < -0.3 is 15.2 Å². The van der Waals surface area contributed by atoms with Gasteiger partial charge in [0.05, 0.1) is 30.3 Å². The fourth-order valence-corrected chi connectivity index (χ4v) is 4.41. The molecule has 0 unspecified atom stereocenters. The van der Waals surface area contributed by atoms with Crippen molar-refractivity contribution >= 4 is 51.7 Å². The molecule has 0 saturated carbocycles. The average molecular weight is 463 g/mol. The Bertz CT molecular complexity index is 1040. The summed E-state index contributed by atoms with van der Waals surface area (Å²) in [7, 11) is 0. The van der Waals surface area contributed by atoms with E-state index >= 15 is 0 Å². The second-order valence-corrected chi connectivity index (χ2v) is 8.59. The number of aliphatic hydroxyl groups excluding tert-OH is 1. The molecule has 10 heteroatoms. The molecule has 1 aliphatic heterocycles. The van der Waals surface area contributed by atoms with E-state index in [1.807, 2.05) is 0 Å². The molecule has 1 fully saturated rings. The molecule has 1 amide bonds. The number of aliphatic hydroxyl groups is 1. The van der Waals surface area contributed by atoms with Gasteiger partial charge in [-0.05, 0) is 24.6 Å². The Labute approximate surface area is 190 Å². The van der Waals surface area contributed by atoms with Crippen molar-refractivity contribution in [1.82, 2.24) is 14.3 Å². The first-order valence-corrected chi connectivity index (χ1v) is 11.5. The fraction of sp³-hybridized carbons (Fsp3) is 0.429. The van der Waals surface area contributed by atoms with E-state index in [0.29, 0.717) is 46.0 Å². The molecule has 1 aliphatic rings. The lowest BCUT2D eigenvalue weighted by Crippen LogP contribution is -2.29. The van der Waals surface area contributed by atoms with Gasteiger partial charge in [0.2, 0.25) is 0 Å². The maximum absolute atomic E-state index is 13.2. The standard InChI is InChI=1S/C21H26N4O4S2/c1-2-3-5-10-25-20(28)16(31-21(25)30)14-15-18(22-8-12-29-13-11-26)23-17-7-4-6-9-24(17)19(15)27/h4,6-7,9,14,22,26H,2-3,5,8,10-13H2,1H3/b16-14-. The number of fused-ring (bicyclic) bond motifs is 1. The van der Waals surface area contributed by atoms with Crippen LogP contribution in [-0.4, -0.2) is 62.5 Å². The quantitative estimate of drug-likeness (QED) is 0.299. The molecule has 31 heavy (non-hydrogen) atoms. The van der Waals surface area contributed by atoms with Crippen LogP contribution in [-0.2, 0) is 9.53 Å². The number of unbranched alkanes of at least 4 members (excludes halogenated alkanes) is 2. The summed E-state index contributed by atoms with van der Waals surface area (Å²) in [6, 6.07) is 5.30. The summed E-state index contributed by atoms with van der Waals surface area (Å²) in [5.74, 6) is 0.195. The van der Waals surface area contributed by atoms with Crippen molar-refractivity contribution in [2.45, 2.75) is 26.2 Å². The molecule has 166 valence electrons. The number of amides is 1. The molecule has 0 atom stereocenters. The van der Waals surface area contributed by atoms with Gasteiger partial charge in [-0.3, -0.25) is 18.9 Å². The van der Waals surface area contributed by atoms with Gasteiger partial charge in [-0.15, -0.1) is 0 Å². The van der Waals surface area contributed by atoms with Crippen LogP contribution >= 0.6 is 24.0 Å². The molecule has 0 bridgehead atoms. The van der Waals surface area contributed by atoms with Crippen LogP contribution in [0.15, 0.2) is 34.1 Å². The molecule has 0 spiro atoms. The van der Waals surface area contributed by atoms with E-state index in [1.165, 1.54) is 16.2 Å². The Morgan fingerprint density at radius 1 is 1.29 bits per heavy atom. The van der Waals surface area contributed by atoms with Gasteiger partial charge in [0.15, 0.2) is 0 Å². The highest BCUT2D eigenvalue weighted by molar-refractivity contribution is 8.26. The van der Waals surface area contributed by atoms with Crippen molar-refractivity contribution in [2.75, 3.05) is 38.2 Å². The van der Waals surface area contributed by atoms with Crippen molar-refractivity contribution in [3.8, 4) is 0 Å². The van der Waals surface area contributed by atoms with Crippen LogP contribution in [0.2, 0.25) is 0 Å². The zero-order chi connectivity index (χ0) is 22.2. The number of hydrogen-bond donors (Lipinski definition) is 2. The molecule has 3 rings (SSSR count). The zero-order valence-corrected chi connectivity index (χ0v) is 19.0. The number of rotatable bonds is 11. The second-order valence-electron chi connectivity index (χ2n) is 6.91. The third-order valence-electron chi connectivity index (χ3n) is 4.68. The largest absolute Gasteiger partial charge is 0.394 e. The second kappa shape index (κ2) is 11.4. The van der Waals surface area contributed by atoms with Crippen LogP contribution in [0.4, 0.5) is 5.82 Å². The van der Waals surface area contributed by atoms with Crippen LogP contribution < -0.4 is 10.9 Å². The number of thioether (sulfide) groups is 1. The number of anilines is 1. The maximum atomic E-state index is 13.2. The van der Waals surface area contributed by atoms with Crippen molar-refractivity contribution < 1.29 is 14.6 Å². The van der Waals surface area contributed by atoms with E-state index in [1.54, 1.807) is 35.4 Å².